The Hall–Kier alpha value is -0.130. The lowest BCUT2D eigenvalue weighted by molar-refractivity contribution is 0.256. The predicted octanol–water partition coefficient (Wildman–Crippen LogP) is 1.27. The van der Waals surface area contributed by atoms with E-state index >= 15 is 0 Å². The first-order chi connectivity index (χ1) is 8.41. The average Bonchev–Trinajstić information content (AvgIpc) is 2.63. The summed E-state index contributed by atoms with van der Waals surface area (Å²) in [6, 6.07) is 0.820. The first-order valence-corrected chi connectivity index (χ1v) is 8.87. The van der Waals surface area contributed by atoms with Crippen molar-refractivity contribution in [2.24, 2.45) is 0 Å². The minimum absolute atomic E-state index is 0.254. The van der Waals surface area contributed by atoms with Crippen LogP contribution in [0.1, 0.15) is 39.5 Å². The van der Waals surface area contributed by atoms with Gasteiger partial charge in [0.2, 0.25) is 0 Å². The number of hydrogen-bond acceptors (Lipinski definition) is 4. The number of nitrogens with zero attached hydrogens (tertiary/aromatic N) is 1. The van der Waals surface area contributed by atoms with Crippen LogP contribution in [0.15, 0.2) is 0 Å². The van der Waals surface area contributed by atoms with Crippen molar-refractivity contribution in [3.8, 4) is 0 Å². The Morgan fingerprint density at radius 3 is 2.56 bits per heavy atom. The van der Waals surface area contributed by atoms with Gasteiger partial charge in [-0.05, 0) is 39.4 Å². The van der Waals surface area contributed by atoms with E-state index in [1.165, 1.54) is 12.8 Å². The Morgan fingerprint density at radius 2 is 2.00 bits per heavy atom. The molecule has 1 unspecified atom stereocenters. The fourth-order valence-electron chi connectivity index (χ4n) is 2.36. The van der Waals surface area contributed by atoms with E-state index in [1.54, 1.807) is 0 Å². The summed E-state index contributed by atoms with van der Waals surface area (Å²) in [7, 11) is -0.687. The first-order valence-electron chi connectivity index (χ1n) is 7.05. The second-order valence-electron chi connectivity index (χ2n) is 5.71. The minimum Gasteiger partial charge on any atom is -0.315 e. The molecule has 1 atom stereocenters. The molecule has 18 heavy (non-hydrogen) atoms. The molecule has 5 heteroatoms. The van der Waals surface area contributed by atoms with Crippen molar-refractivity contribution in [3.05, 3.63) is 0 Å². The summed E-state index contributed by atoms with van der Waals surface area (Å²) in [5.74, 6) is 0.735. The van der Waals surface area contributed by atoms with Crippen LogP contribution in [0.5, 0.6) is 0 Å². The molecule has 0 aromatic carbocycles. The van der Waals surface area contributed by atoms with Gasteiger partial charge in [-0.2, -0.15) is 0 Å². The van der Waals surface area contributed by atoms with Gasteiger partial charge in [-0.1, -0.05) is 20.3 Å². The normalized spacial score (nSPS) is 23.1. The summed E-state index contributed by atoms with van der Waals surface area (Å²) in [5.41, 5.74) is 0. The number of nitrogens with one attached hydrogen (secondary N) is 1. The predicted molar refractivity (Wildman–Crippen MR) is 76.7 cm³/mol. The van der Waals surface area contributed by atoms with Crippen LogP contribution in [-0.4, -0.2) is 57.0 Å². The Labute approximate surface area is 112 Å². The van der Waals surface area contributed by atoms with Crippen molar-refractivity contribution in [3.63, 3.8) is 0 Å². The molecule has 0 aromatic heterocycles. The number of rotatable bonds is 8. The summed E-state index contributed by atoms with van der Waals surface area (Å²) >= 11 is 0. The molecule has 4 nitrogen and oxygen atoms in total. The molecular formula is C13H28N2O2S. The number of unbranched alkanes of at least 4 members (excludes halogenated alkanes) is 2. The van der Waals surface area contributed by atoms with Gasteiger partial charge >= 0.3 is 0 Å². The lowest BCUT2D eigenvalue weighted by Crippen LogP contribution is -2.33. The Bertz CT molecular complexity index is 328. The van der Waals surface area contributed by atoms with Crippen LogP contribution in [0.2, 0.25) is 0 Å². The maximum Gasteiger partial charge on any atom is 0.151 e. The molecule has 1 fully saturated rings. The van der Waals surface area contributed by atoms with Crippen LogP contribution < -0.4 is 5.32 Å². The highest BCUT2D eigenvalue weighted by atomic mass is 32.2. The summed E-state index contributed by atoms with van der Waals surface area (Å²) < 4.78 is 22.8. The molecule has 1 rings (SSSR count). The van der Waals surface area contributed by atoms with Gasteiger partial charge < -0.3 is 10.2 Å². The molecule has 1 saturated heterocycles. The van der Waals surface area contributed by atoms with E-state index in [2.05, 4.69) is 31.1 Å². The summed E-state index contributed by atoms with van der Waals surface area (Å²) in [6.45, 7) is 6.42. The quantitative estimate of drug-likeness (QED) is 0.678. The van der Waals surface area contributed by atoms with Crippen LogP contribution in [0.3, 0.4) is 0 Å². The maximum absolute atomic E-state index is 11.4. The molecule has 1 aliphatic rings. The van der Waals surface area contributed by atoms with Gasteiger partial charge in [0.05, 0.1) is 11.5 Å². The van der Waals surface area contributed by atoms with Gasteiger partial charge in [0.25, 0.3) is 0 Å². The monoisotopic (exact) mass is 276 g/mol. The highest BCUT2D eigenvalue weighted by molar-refractivity contribution is 7.91. The molecule has 1 aliphatic heterocycles. The number of hydrogen-bond donors (Lipinski definition) is 1. The van der Waals surface area contributed by atoms with Gasteiger partial charge in [0.15, 0.2) is 9.84 Å². The van der Waals surface area contributed by atoms with E-state index in [1.807, 2.05) is 0 Å². The lowest BCUT2D eigenvalue weighted by Gasteiger charge is -2.22. The molecule has 108 valence electrons. The van der Waals surface area contributed by atoms with E-state index in [0.29, 0.717) is 17.5 Å². The van der Waals surface area contributed by atoms with Gasteiger partial charge in [-0.3, -0.25) is 0 Å². The van der Waals surface area contributed by atoms with Gasteiger partial charge in [0, 0.05) is 12.1 Å². The molecule has 0 saturated carbocycles. The van der Waals surface area contributed by atoms with Gasteiger partial charge in [0.1, 0.15) is 0 Å². The molecular weight excluding hydrogens is 248 g/mol. The largest absolute Gasteiger partial charge is 0.315 e. The smallest absolute Gasteiger partial charge is 0.151 e. The molecule has 0 aliphatic carbocycles. The SMILES string of the molecule is CC(C)NCCCCCN(C)C1CCS(=O)(=O)C1. The average molecular weight is 276 g/mol. The van der Waals surface area contributed by atoms with Crippen LogP contribution in [0.25, 0.3) is 0 Å². The van der Waals surface area contributed by atoms with Crippen LogP contribution in [-0.2, 0) is 9.84 Å². The minimum atomic E-state index is -2.74. The van der Waals surface area contributed by atoms with Crippen molar-refractivity contribution in [2.75, 3.05) is 31.6 Å². The highest BCUT2D eigenvalue weighted by Crippen LogP contribution is 2.16. The topological polar surface area (TPSA) is 49.4 Å². The zero-order chi connectivity index (χ0) is 13.6. The third kappa shape index (κ3) is 6.16. The molecule has 0 spiro atoms. The third-order valence-corrected chi connectivity index (χ3v) is 5.32. The van der Waals surface area contributed by atoms with E-state index in [4.69, 9.17) is 0 Å². The van der Waals surface area contributed by atoms with Crippen LogP contribution >= 0.6 is 0 Å². The fourth-order valence-corrected chi connectivity index (χ4v) is 4.16. The molecule has 0 amide bonds. The summed E-state index contributed by atoms with van der Waals surface area (Å²) in [6.07, 6.45) is 4.39. The van der Waals surface area contributed by atoms with Crippen molar-refractivity contribution >= 4 is 9.84 Å². The van der Waals surface area contributed by atoms with Crippen molar-refractivity contribution in [1.29, 1.82) is 0 Å². The van der Waals surface area contributed by atoms with Gasteiger partial charge in [-0.15, -0.1) is 0 Å². The Balaban J connectivity index is 2.06. The maximum atomic E-state index is 11.4. The highest BCUT2D eigenvalue weighted by Gasteiger charge is 2.30. The molecule has 0 radical (unpaired) electrons. The van der Waals surface area contributed by atoms with Gasteiger partial charge in [-0.25, -0.2) is 8.42 Å². The number of sulfone groups is 1. The Morgan fingerprint density at radius 1 is 1.28 bits per heavy atom. The second-order valence-corrected chi connectivity index (χ2v) is 7.94. The molecule has 1 N–H and O–H groups in total. The molecule has 1 heterocycles. The fraction of sp³-hybridized carbons (Fsp3) is 1.00. The van der Waals surface area contributed by atoms with Crippen LogP contribution in [0.4, 0.5) is 0 Å². The first kappa shape index (κ1) is 15.9. The second kappa shape index (κ2) is 7.46. The zero-order valence-corrected chi connectivity index (χ0v) is 12.8. The van der Waals surface area contributed by atoms with E-state index < -0.39 is 9.84 Å². The lowest BCUT2D eigenvalue weighted by atomic mass is 10.2. The Kier molecular flexibility index (Phi) is 6.60. The molecule has 0 aromatic rings. The van der Waals surface area contributed by atoms with Crippen LogP contribution in [0, 0.1) is 0 Å². The summed E-state index contributed by atoms with van der Waals surface area (Å²) in [4.78, 5) is 2.22. The van der Waals surface area contributed by atoms with Crippen molar-refractivity contribution in [2.45, 2.75) is 51.6 Å². The van der Waals surface area contributed by atoms with Crippen molar-refractivity contribution < 1.29 is 8.42 Å². The van der Waals surface area contributed by atoms with E-state index in [9.17, 15) is 8.42 Å². The molecule has 0 bridgehead atoms. The third-order valence-electron chi connectivity index (χ3n) is 3.57. The standard InChI is InChI=1S/C13H28N2O2S/c1-12(2)14-8-5-4-6-9-15(3)13-7-10-18(16,17)11-13/h12-14H,4-11H2,1-3H3. The van der Waals surface area contributed by atoms with E-state index in [0.717, 1.165) is 25.9 Å². The zero-order valence-electron chi connectivity index (χ0n) is 12.0. The summed E-state index contributed by atoms with van der Waals surface area (Å²) in [5, 5.41) is 3.41. The van der Waals surface area contributed by atoms with Crippen molar-refractivity contribution in [1.82, 2.24) is 10.2 Å². The van der Waals surface area contributed by atoms with E-state index in [-0.39, 0.29) is 6.04 Å².